The van der Waals surface area contributed by atoms with Gasteiger partial charge in [0.25, 0.3) is 5.56 Å². The first-order chi connectivity index (χ1) is 9.41. The number of aliphatic hydroxyl groups is 1. The third kappa shape index (κ3) is 2.10. The van der Waals surface area contributed by atoms with Crippen LogP contribution in [-0.2, 0) is 14.2 Å². The molecule has 0 aromatic carbocycles. The summed E-state index contributed by atoms with van der Waals surface area (Å²) >= 11 is 0. The Morgan fingerprint density at radius 1 is 1.45 bits per heavy atom. The highest BCUT2D eigenvalue weighted by Gasteiger charge is 2.55. The monoisotopic (exact) mass is 283 g/mol. The smallest absolute Gasteiger partial charge is 0.274 e. The molecule has 3 rings (SSSR count). The fourth-order valence-electron chi connectivity index (χ4n) is 2.67. The summed E-state index contributed by atoms with van der Waals surface area (Å²) in [5, 5.41) is 9.39. The number of aromatic nitrogens is 2. The van der Waals surface area contributed by atoms with E-state index in [-0.39, 0.29) is 18.7 Å². The molecule has 0 radical (unpaired) electrons. The lowest BCUT2D eigenvalue weighted by molar-refractivity contribution is -0.200. The third-order valence-electron chi connectivity index (χ3n) is 3.45. The summed E-state index contributed by atoms with van der Waals surface area (Å²) in [6.45, 7) is 3.40. The van der Waals surface area contributed by atoms with Gasteiger partial charge in [0.2, 0.25) is 5.95 Å². The van der Waals surface area contributed by atoms with E-state index in [0.29, 0.717) is 0 Å². The van der Waals surface area contributed by atoms with Crippen molar-refractivity contribution in [3.05, 3.63) is 22.6 Å². The molecule has 1 unspecified atom stereocenters. The van der Waals surface area contributed by atoms with E-state index in [2.05, 4.69) is 4.98 Å². The minimum atomic E-state index is -0.758. The maximum absolute atomic E-state index is 11.2. The first-order valence-electron chi connectivity index (χ1n) is 6.38. The molecule has 2 aliphatic heterocycles. The van der Waals surface area contributed by atoms with Gasteiger partial charge in [0.1, 0.15) is 18.3 Å². The van der Waals surface area contributed by atoms with Gasteiger partial charge in [-0.05, 0) is 13.8 Å². The third-order valence-corrected chi connectivity index (χ3v) is 3.45. The summed E-state index contributed by atoms with van der Waals surface area (Å²) in [7, 11) is 0. The van der Waals surface area contributed by atoms with Gasteiger partial charge in [-0.1, -0.05) is 0 Å². The second-order valence-corrected chi connectivity index (χ2v) is 5.34. The lowest BCUT2D eigenvalue weighted by Crippen LogP contribution is -2.31. The number of hydrogen-bond acceptors (Lipinski definition) is 7. The van der Waals surface area contributed by atoms with Crippen molar-refractivity contribution in [2.24, 2.45) is 0 Å². The van der Waals surface area contributed by atoms with Crippen molar-refractivity contribution in [1.29, 1.82) is 0 Å². The molecule has 0 bridgehead atoms. The number of ether oxygens (including phenoxy) is 3. The summed E-state index contributed by atoms with van der Waals surface area (Å²) < 4.78 is 18.8. The molecule has 2 fully saturated rings. The fourth-order valence-corrected chi connectivity index (χ4v) is 2.67. The number of rotatable bonds is 2. The highest BCUT2D eigenvalue weighted by molar-refractivity contribution is 5.18. The average Bonchev–Trinajstić information content (AvgIpc) is 2.83. The van der Waals surface area contributed by atoms with Gasteiger partial charge in [0.15, 0.2) is 12.0 Å². The van der Waals surface area contributed by atoms with Crippen LogP contribution in [0.4, 0.5) is 5.95 Å². The van der Waals surface area contributed by atoms with Crippen molar-refractivity contribution in [3.63, 3.8) is 0 Å². The average molecular weight is 283 g/mol. The van der Waals surface area contributed by atoms with Crippen LogP contribution in [0.15, 0.2) is 17.1 Å². The zero-order valence-corrected chi connectivity index (χ0v) is 11.2. The van der Waals surface area contributed by atoms with E-state index in [1.165, 1.54) is 16.8 Å². The van der Waals surface area contributed by atoms with Crippen LogP contribution >= 0.6 is 0 Å². The maximum atomic E-state index is 11.2. The number of anilines is 1. The fraction of sp³-hybridized carbons (Fsp3) is 0.667. The summed E-state index contributed by atoms with van der Waals surface area (Å²) in [6.07, 6.45) is -0.411. The van der Waals surface area contributed by atoms with Crippen LogP contribution in [0, 0.1) is 0 Å². The molecule has 3 N–H and O–H groups in total. The molecule has 0 saturated carbocycles. The highest BCUT2D eigenvalue weighted by atomic mass is 16.8. The van der Waals surface area contributed by atoms with Crippen molar-refractivity contribution in [2.45, 2.75) is 44.2 Å². The molecule has 8 heteroatoms. The normalized spacial score (nSPS) is 35.1. The quantitative estimate of drug-likeness (QED) is 0.734. The van der Waals surface area contributed by atoms with Crippen molar-refractivity contribution in [3.8, 4) is 0 Å². The molecule has 2 saturated heterocycles. The minimum absolute atomic E-state index is 0.0353. The number of fused-ring (bicyclic) bond motifs is 1. The molecule has 3 heterocycles. The second kappa shape index (κ2) is 4.52. The molecule has 1 aromatic rings. The Hall–Kier alpha value is -1.48. The Balaban J connectivity index is 1.96. The SMILES string of the molecule is CC1(C)OC2[C@@H](CO)O[C@@H](n3ccc(=O)nc3N)[C@H]2O1. The molecular formula is C12H17N3O5. The van der Waals surface area contributed by atoms with Gasteiger partial charge in [-0.25, -0.2) is 0 Å². The maximum Gasteiger partial charge on any atom is 0.274 e. The van der Waals surface area contributed by atoms with Gasteiger partial charge in [0, 0.05) is 12.3 Å². The molecule has 0 spiro atoms. The molecule has 0 amide bonds. The Kier molecular flexibility index (Phi) is 3.05. The predicted octanol–water partition coefficient (Wildman–Crippen LogP) is -0.765. The lowest BCUT2D eigenvalue weighted by Gasteiger charge is -2.25. The Morgan fingerprint density at radius 2 is 2.15 bits per heavy atom. The first-order valence-corrected chi connectivity index (χ1v) is 6.38. The largest absolute Gasteiger partial charge is 0.394 e. The van der Waals surface area contributed by atoms with Crippen molar-refractivity contribution >= 4 is 5.95 Å². The summed E-state index contributed by atoms with van der Waals surface area (Å²) in [5.74, 6) is -0.723. The van der Waals surface area contributed by atoms with E-state index in [9.17, 15) is 9.90 Å². The number of nitrogens with zero attached hydrogens (tertiary/aromatic N) is 2. The molecule has 1 aromatic heterocycles. The van der Waals surface area contributed by atoms with Gasteiger partial charge < -0.3 is 25.1 Å². The van der Waals surface area contributed by atoms with Crippen LogP contribution in [0.1, 0.15) is 20.1 Å². The van der Waals surface area contributed by atoms with E-state index in [4.69, 9.17) is 19.9 Å². The molecule has 20 heavy (non-hydrogen) atoms. The minimum Gasteiger partial charge on any atom is -0.394 e. The summed E-state index contributed by atoms with van der Waals surface area (Å²) in [6, 6.07) is 1.29. The topological polar surface area (TPSA) is 109 Å². The number of aliphatic hydroxyl groups excluding tert-OH is 1. The number of hydrogen-bond donors (Lipinski definition) is 2. The van der Waals surface area contributed by atoms with E-state index in [1.807, 2.05) is 0 Å². The zero-order valence-electron chi connectivity index (χ0n) is 11.2. The van der Waals surface area contributed by atoms with Crippen molar-refractivity contribution < 1.29 is 19.3 Å². The van der Waals surface area contributed by atoms with E-state index < -0.39 is 29.8 Å². The van der Waals surface area contributed by atoms with Crippen LogP contribution < -0.4 is 11.3 Å². The molecule has 2 aliphatic rings. The predicted molar refractivity (Wildman–Crippen MR) is 67.7 cm³/mol. The lowest BCUT2D eigenvalue weighted by atomic mass is 10.1. The van der Waals surface area contributed by atoms with Crippen LogP contribution in [0.5, 0.6) is 0 Å². The van der Waals surface area contributed by atoms with Gasteiger partial charge in [-0.15, -0.1) is 0 Å². The van der Waals surface area contributed by atoms with Crippen LogP contribution in [0.25, 0.3) is 0 Å². The number of nitrogens with two attached hydrogens (primary N) is 1. The van der Waals surface area contributed by atoms with Gasteiger partial charge >= 0.3 is 0 Å². The van der Waals surface area contributed by atoms with Gasteiger partial charge in [-0.3, -0.25) is 9.36 Å². The highest BCUT2D eigenvalue weighted by Crippen LogP contribution is 2.43. The van der Waals surface area contributed by atoms with E-state index >= 15 is 0 Å². The standard InChI is InChI=1S/C12H17N3O5/c1-12(2)19-8-6(5-16)18-10(9(8)20-12)15-4-3-7(17)14-11(15)13/h3-4,6,8-10,16H,5H2,1-2H3,(H2,13,14,17)/t6-,8?,9+,10-/m1/s1. The van der Waals surface area contributed by atoms with Crippen molar-refractivity contribution in [1.82, 2.24) is 9.55 Å². The van der Waals surface area contributed by atoms with Crippen LogP contribution in [-0.4, -0.2) is 45.4 Å². The Morgan fingerprint density at radius 3 is 2.80 bits per heavy atom. The molecule has 4 atom stereocenters. The molecule has 0 aliphatic carbocycles. The van der Waals surface area contributed by atoms with E-state index in [0.717, 1.165) is 0 Å². The number of nitrogen functional groups attached to an aromatic ring is 1. The molecule has 110 valence electrons. The zero-order chi connectivity index (χ0) is 14.5. The molecular weight excluding hydrogens is 266 g/mol. The summed E-state index contributed by atoms with van der Waals surface area (Å²) in [4.78, 5) is 14.8. The second-order valence-electron chi connectivity index (χ2n) is 5.34. The van der Waals surface area contributed by atoms with E-state index in [1.54, 1.807) is 13.8 Å². The van der Waals surface area contributed by atoms with Crippen LogP contribution in [0.3, 0.4) is 0 Å². The Labute approximate surface area is 115 Å². The molecule has 8 nitrogen and oxygen atoms in total. The van der Waals surface area contributed by atoms with Crippen LogP contribution in [0.2, 0.25) is 0 Å². The Bertz CT molecular complexity index is 572. The van der Waals surface area contributed by atoms with Crippen molar-refractivity contribution in [2.75, 3.05) is 12.3 Å². The first kappa shape index (κ1) is 13.5. The summed E-state index contributed by atoms with van der Waals surface area (Å²) in [5.41, 5.74) is 5.33. The van der Waals surface area contributed by atoms with Gasteiger partial charge in [0.05, 0.1) is 6.61 Å². The van der Waals surface area contributed by atoms with Gasteiger partial charge in [-0.2, -0.15) is 4.98 Å².